The molecule has 0 aromatic heterocycles. The van der Waals surface area contributed by atoms with E-state index in [0.717, 1.165) is 36.8 Å². The fraction of sp³-hybridized carbons (Fsp3) is 1.00. The SMILES string of the molecule is CN.NCC1CC2CC(CN)C1C2. The van der Waals surface area contributed by atoms with Gasteiger partial charge in [0, 0.05) is 0 Å². The lowest BCUT2D eigenvalue weighted by Gasteiger charge is -2.27. The number of hydrogen-bond acceptors (Lipinski definition) is 3. The van der Waals surface area contributed by atoms with Crippen LogP contribution in [0.1, 0.15) is 19.3 Å². The highest BCUT2D eigenvalue weighted by molar-refractivity contribution is 4.95. The summed E-state index contributed by atoms with van der Waals surface area (Å²) in [6.07, 6.45) is 4.19. The van der Waals surface area contributed by atoms with E-state index >= 15 is 0 Å². The quantitative estimate of drug-likeness (QED) is 0.572. The van der Waals surface area contributed by atoms with Gasteiger partial charge in [0.05, 0.1) is 0 Å². The van der Waals surface area contributed by atoms with E-state index in [9.17, 15) is 0 Å². The van der Waals surface area contributed by atoms with Crippen LogP contribution in [0.25, 0.3) is 0 Å². The summed E-state index contributed by atoms with van der Waals surface area (Å²) in [7, 11) is 1.50. The molecule has 6 N–H and O–H groups in total. The number of nitrogens with two attached hydrogens (primary N) is 3. The van der Waals surface area contributed by atoms with Crippen LogP contribution >= 0.6 is 0 Å². The monoisotopic (exact) mass is 185 g/mol. The van der Waals surface area contributed by atoms with Gasteiger partial charge in [-0.05, 0) is 63.1 Å². The Morgan fingerprint density at radius 2 is 1.38 bits per heavy atom. The molecule has 78 valence electrons. The summed E-state index contributed by atoms with van der Waals surface area (Å²) >= 11 is 0. The largest absolute Gasteiger partial charge is 0.333 e. The summed E-state index contributed by atoms with van der Waals surface area (Å²) in [5.41, 5.74) is 15.9. The fourth-order valence-electron chi connectivity index (χ4n) is 3.19. The lowest BCUT2D eigenvalue weighted by atomic mass is 9.81. The third-order valence-corrected chi connectivity index (χ3v) is 3.69. The summed E-state index contributed by atoms with van der Waals surface area (Å²) in [6.45, 7) is 1.77. The van der Waals surface area contributed by atoms with Crippen LogP contribution in [0, 0.1) is 23.7 Å². The molecule has 0 saturated heterocycles. The van der Waals surface area contributed by atoms with Crippen LogP contribution < -0.4 is 17.2 Å². The van der Waals surface area contributed by atoms with Crippen molar-refractivity contribution in [2.75, 3.05) is 20.1 Å². The molecule has 2 atom stereocenters. The predicted molar refractivity (Wildman–Crippen MR) is 56.0 cm³/mol. The summed E-state index contributed by atoms with van der Waals surface area (Å²) in [5, 5.41) is 0. The number of rotatable bonds is 2. The third-order valence-electron chi connectivity index (χ3n) is 3.69. The first kappa shape index (κ1) is 11.0. The van der Waals surface area contributed by atoms with Crippen LogP contribution in [-0.2, 0) is 0 Å². The van der Waals surface area contributed by atoms with E-state index < -0.39 is 0 Å². The average molecular weight is 185 g/mol. The molecule has 2 aliphatic carbocycles. The zero-order valence-corrected chi connectivity index (χ0v) is 8.58. The summed E-state index contributed by atoms with van der Waals surface area (Å²) in [5.74, 6) is 3.47. The molecular formula is C10H23N3. The molecule has 2 saturated carbocycles. The Labute approximate surface area is 81.0 Å². The highest BCUT2D eigenvalue weighted by Gasteiger charge is 2.44. The number of hydrogen-bond donors (Lipinski definition) is 3. The molecule has 0 aromatic carbocycles. The van der Waals surface area contributed by atoms with Crippen LogP contribution in [0.5, 0.6) is 0 Å². The lowest BCUT2D eigenvalue weighted by Crippen LogP contribution is -2.30. The minimum Gasteiger partial charge on any atom is -0.333 e. The molecule has 2 aliphatic rings. The first-order chi connectivity index (χ1) is 6.35. The molecule has 13 heavy (non-hydrogen) atoms. The van der Waals surface area contributed by atoms with E-state index in [4.69, 9.17) is 11.5 Å². The molecule has 0 spiro atoms. The summed E-state index contributed by atoms with van der Waals surface area (Å²) < 4.78 is 0. The molecule has 3 nitrogen and oxygen atoms in total. The van der Waals surface area contributed by atoms with Gasteiger partial charge in [0.2, 0.25) is 0 Å². The van der Waals surface area contributed by atoms with Gasteiger partial charge in [-0.25, -0.2) is 0 Å². The summed E-state index contributed by atoms with van der Waals surface area (Å²) in [4.78, 5) is 0. The zero-order chi connectivity index (χ0) is 9.84. The Morgan fingerprint density at radius 3 is 1.69 bits per heavy atom. The van der Waals surface area contributed by atoms with Gasteiger partial charge in [0.15, 0.2) is 0 Å². The highest BCUT2D eigenvalue weighted by atomic mass is 14.7. The normalized spacial score (nSPS) is 41.5. The van der Waals surface area contributed by atoms with Crippen LogP contribution in [0.3, 0.4) is 0 Å². The molecule has 0 radical (unpaired) electrons. The van der Waals surface area contributed by atoms with E-state index in [1.807, 2.05) is 0 Å². The molecule has 0 aliphatic heterocycles. The number of fused-ring (bicyclic) bond motifs is 2. The standard InChI is InChI=1S/C9H18N2.CH5N/c10-4-7-1-6-2-8(5-11)9(7)3-6;1-2/h6-9H,1-5,10-11H2;2H2,1H3. The van der Waals surface area contributed by atoms with E-state index in [0.29, 0.717) is 0 Å². The van der Waals surface area contributed by atoms with E-state index in [1.54, 1.807) is 0 Å². The molecule has 3 heteroatoms. The first-order valence-corrected chi connectivity index (χ1v) is 5.33. The van der Waals surface area contributed by atoms with Gasteiger partial charge in [0.1, 0.15) is 0 Å². The van der Waals surface area contributed by atoms with Crippen molar-refractivity contribution in [3.8, 4) is 0 Å². The van der Waals surface area contributed by atoms with E-state index in [2.05, 4.69) is 5.73 Å². The van der Waals surface area contributed by atoms with Gasteiger partial charge in [-0.2, -0.15) is 0 Å². The Balaban J connectivity index is 0.000000396. The highest BCUT2D eigenvalue weighted by Crippen LogP contribution is 2.50. The fourth-order valence-corrected chi connectivity index (χ4v) is 3.19. The van der Waals surface area contributed by atoms with E-state index in [1.165, 1.54) is 26.3 Å². The van der Waals surface area contributed by atoms with Crippen LogP contribution in [-0.4, -0.2) is 20.1 Å². The van der Waals surface area contributed by atoms with Crippen molar-refractivity contribution < 1.29 is 0 Å². The Morgan fingerprint density at radius 1 is 0.923 bits per heavy atom. The van der Waals surface area contributed by atoms with E-state index in [-0.39, 0.29) is 0 Å². The first-order valence-electron chi connectivity index (χ1n) is 5.33. The lowest BCUT2D eigenvalue weighted by molar-refractivity contribution is 0.249. The molecule has 2 rings (SSSR count). The maximum atomic E-state index is 5.70. The maximum Gasteiger partial charge on any atom is -0.00460 e. The summed E-state index contributed by atoms with van der Waals surface area (Å²) in [6, 6.07) is 0. The van der Waals surface area contributed by atoms with Crippen molar-refractivity contribution >= 4 is 0 Å². The topological polar surface area (TPSA) is 78.1 Å². The molecule has 2 unspecified atom stereocenters. The van der Waals surface area contributed by atoms with Crippen LogP contribution in [0.4, 0.5) is 0 Å². The molecule has 0 heterocycles. The van der Waals surface area contributed by atoms with Gasteiger partial charge in [-0.15, -0.1) is 0 Å². The van der Waals surface area contributed by atoms with Crippen molar-refractivity contribution in [1.29, 1.82) is 0 Å². The Bertz CT molecular complexity index is 135. The Hall–Kier alpha value is -0.120. The van der Waals surface area contributed by atoms with Crippen molar-refractivity contribution in [1.82, 2.24) is 0 Å². The van der Waals surface area contributed by atoms with Gasteiger partial charge in [-0.3, -0.25) is 0 Å². The second kappa shape index (κ2) is 4.94. The third kappa shape index (κ3) is 2.03. The van der Waals surface area contributed by atoms with Crippen molar-refractivity contribution in [3.05, 3.63) is 0 Å². The molecule has 0 aromatic rings. The van der Waals surface area contributed by atoms with Gasteiger partial charge >= 0.3 is 0 Å². The van der Waals surface area contributed by atoms with Gasteiger partial charge in [-0.1, -0.05) is 0 Å². The minimum absolute atomic E-state index is 0.808. The molecular weight excluding hydrogens is 162 g/mol. The smallest absolute Gasteiger partial charge is 0.00460 e. The second-order valence-corrected chi connectivity index (χ2v) is 4.23. The average Bonchev–Trinajstić information content (AvgIpc) is 2.78. The zero-order valence-electron chi connectivity index (χ0n) is 8.58. The van der Waals surface area contributed by atoms with Gasteiger partial charge < -0.3 is 17.2 Å². The predicted octanol–water partition coefficient (Wildman–Crippen LogP) is 0.141. The minimum atomic E-state index is 0.808. The molecule has 2 fully saturated rings. The molecule has 0 amide bonds. The van der Waals surface area contributed by atoms with Crippen molar-refractivity contribution in [2.45, 2.75) is 19.3 Å². The van der Waals surface area contributed by atoms with Crippen molar-refractivity contribution in [2.24, 2.45) is 40.9 Å². The van der Waals surface area contributed by atoms with Gasteiger partial charge in [0.25, 0.3) is 0 Å². The van der Waals surface area contributed by atoms with Crippen LogP contribution in [0.15, 0.2) is 0 Å². The maximum absolute atomic E-state index is 5.70. The van der Waals surface area contributed by atoms with Crippen LogP contribution in [0.2, 0.25) is 0 Å². The van der Waals surface area contributed by atoms with Crippen molar-refractivity contribution in [3.63, 3.8) is 0 Å². The Kier molecular flexibility index (Phi) is 4.16. The molecule has 2 bridgehead atoms. The second-order valence-electron chi connectivity index (χ2n) is 4.23.